The smallest absolute Gasteiger partial charge is 0.306 e. The van der Waals surface area contributed by atoms with Crippen molar-refractivity contribution in [1.82, 2.24) is 9.97 Å². The molecule has 1 heterocycles. The van der Waals surface area contributed by atoms with Gasteiger partial charge in [-0.3, -0.25) is 4.79 Å². The largest absolute Gasteiger partial charge is 0.463 e. The molecule has 0 atom stereocenters. The van der Waals surface area contributed by atoms with Crippen LogP contribution in [0.4, 0.5) is 0 Å². The Kier molecular flexibility index (Phi) is 6.37. The van der Waals surface area contributed by atoms with E-state index in [1.165, 1.54) is 0 Å². The van der Waals surface area contributed by atoms with Crippen LogP contribution in [0.5, 0.6) is 0 Å². The second-order valence-corrected chi connectivity index (χ2v) is 4.49. The van der Waals surface area contributed by atoms with Crippen molar-refractivity contribution >= 4 is 5.97 Å². The van der Waals surface area contributed by atoms with Gasteiger partial charge in [-0.2, -0.15) is 0 Å². The first kappa shape index (κ1) is 13.7. The van der Waals surface area contributed by atoms with Gasteiger partial charge in [-0.15, -0.1) is 0 Å². The second-order valence-electron chi connectivity index (χ2n) is 4.49. The summed E-state index contributed by atoms with van der Waals surface area (Å²) in [5.41, 5.74) is 0. The van der Waals surface area contributed by atoms with Gasteiger partial charge in [0.05, 0.1) is 6.10 Å². The van der Waals surface area contributed by atoms with Gasteiger partial charge in [-0.1, -0.05) is 12.8 Å². The lowest BCUT2D eigenvalue weighted by atomic mass is 10.1. The standard InChI is InChI=1S/C13H22N2O2/c1-11(2)17-13(16)8-6-4-3-5-7-12-14-9-10-15-12/h9-11H,3-8H2,1-2H3,(H,14,15). The van der Waals surface area contributed by atoms with Crippen LogP contribution in [0.2, 0.25) is 0 Å². The lowest BCUT2D eigenvalue weighted by molar-refractivity contribution is -0.147. The molecule has 4 heteroatoms. The lowest BCUT2D eigenvalue weighted by Crippen LogP contribution is -2.10. The molecule has 0 aliphatic heterocycles. The highest BCUT2D eigenvalue weighted by atomic mass is 16.5. The molecule has 0 unspecified atom stereocenters. The summed E-state index contributed by atoms with van der Waals surface area (Å²) in [6, 6.07) is 0. The molecule has 0 aromatic carbocycles. The van der Waals surface area contributed by atoms with Crippen LogP contribution >= 0.6 is 0 Å². The van der Waals surface area contributed by atoms with Gasteiger partial charge < -0.3 is 9.72 Å². The summed E-state index contributed by atoms with van der Waals surface area (Å²) < 4.78 is 5.06. The van der Waals surface area contributed by atoms with E-state index in [-0.39, 0.29) is 12.1 Å². The summed E-state index contributed by atoms with van der Waals surface area (Å²) in [6.45, 7) is 3.75. The Morgan fingerprint density at radius 3 is 2.76 bits per heavy atom. The number of nitrogens with zero attached hydrogens (tertiary/aromatic N) is 1. The van der Waals surface area contributed by atoms with Gasteiger partial charge in [0.15, 0.2) is 0 Å². The van der Waals surface area contributed by atoms with Gasteiger partial charge >= 0.3 is 5.97 Å². The maximum atomic E-state index is 11.2. The number of imidazole rings is 1. The number of rotatable bonds is 8. The Morgan fingerprint density at radius 1 is 1.35 bits per heavy atom. The highest BCUT2D eigenvalue weighted by molar-refractivity contribution is 5.69. The second kappa shape index (κ2) is 7.87. The van der Waals surface area contributed by atoms with Crippen LogP contribution in [-0.4, -0.2) is 22.0 Å². The third kappa shape index (κ3) is 6.76. The molecule has 0 amide bonds. The van der Waals surface area contributed by atoms with Crippen molar-refractivity contribution < 1.29 is 9.53 Å². The zero-order chi connectivity index (χ0) is 12.5. The molecule has 0 aliphatic rings. The SMILES string of the molecule is CC(C)OC(=O)CCCCCCc1ncc[nH]1. The summed E-state index contributed by atoms with van der Waals surface area (Å²) in [4.78, 5) is 18.5. The fourth-order valence-electron chi connectivity index (χ4n) is 1.67. The fourth-order valence-corrected chi connectivity index (χ4v) is 1.67. The molecule has 1 aromatic rings. The quantitative estimate of drug-likeness (QED) is 0.559. The molecule has 0 fully saturated rings. The summed E-state index contributed by atoms with van der Waals surface area (Å²) in [5.74, 6) is 0.968. The highest BCUT2D eigenvalue weighted by Gasteiger charge is 2.04. The Hall–Kier alpha value is -1.32. The Bertz CT molecular complexity index is 307. The Balaban J connectivity index is 1.92. The summed E-state index contributed by atoms with van der Waals surface area (Å²) >= 11 is 0. The number of unbranched alkanes of at least 4 members (excludes halogenated alkanes) is 3. The maximum Gasteiger partial charge on any atom is 0.306 e. The van der Waals surface area contributed by atoms with Crippen LogP contribution < -0.4 is 0 Å². The van der Waals surface area contributed by atoms with E-state index in [4.69, 9.17) is 4.74 Å². The monoisotopic (exact) mass is 238 g/mol. The summed E-state index contributed by atoms with van der Waals surface area (Å²) in [6.07, 6.45) is 9.40. The van der Waals surface area contributed by atoms with Gasteiger partial charge in [0.25, 0.3) is 0 Å². The molecule has 96 valence electrons. The van der Waals surface area contributed by atoms with E-state index in [1.807, 2.05) is 20.0 Å². The van der Waals surface area contributed by atoms with Gasteiger partial charge in [-0.05, 0) is 26.7 Å². The number of aromatic amines is 1. The first-order valence-electron chi connectivity index (χ1n) is 6.36. The van der Waals surface area contributed by atoms with Crippen LogP contribution in [0.3, 0.4) is 0 Å². The van der Waals surface area contributed by atoms with E-state index in [0.29, 0.717) is 6.42 Å². The van der Waals surface area contributed by atoms with Crippen molar-refractivity contribution in [2.45, 2.75) is 58.5 Å². The van der Waals surface area contributed by atoms with Crippen LogP contribution in [0.1, 0.15) is 51.8 Å². The number of aromatic nitrogens is 2. The molecule has 0 aliphatic carbocycles. The fraction of sp³-hybridized carbons (Fsp3) is 0.692. The number of H-pyrrole nitrogens is 1. The minimum Gasteiger partial charge on any atom is -0.463 e. The first-order chi connectivity index (χ1) is 8.18. The minimum absolute atomic E-state index is 0.00134. The average molecular weight is 238 g/mol. The summed E-state index contributed by atoms with van der Waals surface area (Å²) in [5, 5.41) is 0. The average Bonchev–Trinajstić information content (AvgIpc) is 2.75. The predicted molar refractivity (Wildman–Crippen MR) is 66.6 cm³/mol. The zero-order valence-corrected chi connectivity index (χ0v) is 10.7. The number of carbonyl (C=O) groups excluding carboxylic acids is 1. The number of ether oxygens (including phenoxy) is 1. The molecule has 1 N–H and O–H groups in total. The normalized spacial score (nSPS) is 10.8. The van der Waals surface area contributed by atoms with E-state index in [2.05, 4.69) is 9.97 Å². The number of esters is 1. The Morgan fingerprint density at radius 2 is 2.12 bits per heavy atom. The van der Waals surface area contributed by atoms with Gasteiger partial charge in [-0.25, -0.2) is 4.98 Å². The molecule has 4 nitrogen and oxygen atoms in total. The number of hydrogen-bond acceptors (Lipinski definition) is 3. The third-order valence-electron chi connectivity index (χ3n) is 2.47. The van der Waals surface area contributed by atoms with E-state index in [1.54, 1.807) is 6.20 Å². The molecule has 0 bridgehead atoms. The van der Waals surface area contributed by atoms with Crippen molar-refractivity contribution in [1.29, 1.82) is 0 Å². The molecular formula is C13H22N2O2. The number of carbonyl (C=O) groups is 1. The molecule has 0 saturated heterocycles. The maximum absolute atomic E-state index is 11.2. The number of hydrogen-bond donors (Lipinski definition) is 1. The van der Waals surface area contributed by atoms with Crippen molar-refractivity contribution in [3.8, 4) is 0 Å². The van der Waals surface area contributed by atoms with Crippen LogP contribution in [0.15, 0.2) is 12.4 Å². The van der Waals surface area contributed by atoms with Crippen molar-refractivity contribution in [3.05, 3.63) is 18.2 Å². The zero-order valence-electron chi connectivity index (χ0n) is 10.7. The third-order valence-corrected chi connectivity index (χ3v) is 2.47. The molecule has 1 aromatic heterocycles. The molecule has 0 spiro atoms. The molecule has 0 saturated carbocycles. The van der Waals surface area contributed by atoms with E-state index in [9.17, 15) is 4.79 Å². The summed E-state index contributed by atoms with van der Waals surface area (Å²) in [7, 11) is 0. The molecular weight excluding hydrogens is 216 g/mol. The number of nitrogens with one attached hydrogen (secondary N) is 1. The van der Waals surface area contributed by atoms with Gasteiger partial charge in [0.2, 0.25) is 0 Å². The Labute approximate surface area is 103 Å². The molecule has 0 radical (unpaired) electrons. The van der Waals surface area contributed by atoms with Crippen LogP contribution in [0.25, 0.3) is 0 Å². The van der Waals surface area contributed by atoms with Crippen molar-refractivity contribution in [3.63, 3.8) is 0 Å². The van der Waals surface area contributed by atoms with Crippen molar-refractivity contribution in [2.24, 2.45) is 0 Å². The lowest BCUT2D eigenvalue weighted by Gasteiger charge is -2.07. The van der Waals surface area contributed by atoms with E-state index in [0.717, 1.165) is 37.9 Å². The van der Waals surface area contributed by atoms with Gasteiger partial charge in [0, 0.05) is 25.2 Å². The van der Waals surface area contributed by atoms with Crippen LogP contribution in [0, 0.1) is 0 Å². The van der Waals surface area contributed by atoms with Crippen LogP contribution in [-0.2, 0) is 16.0 Å². The van der Waals surface area contributed by atoms with E-state index >= 15 is 0 Å². The highest BCUT2D eigenvalue weighted by Crippen LogP contribution is 2.07. The topological polar surface area (TPSA) is 55.0 Å². The number of aryl methyl sites for hydroxylation is 1. The van der Waals surface area contributed by atoms with E-state index < -0.39 is 0 Å². The molecule has 1 rings (SSSR count). The minimum atomic E-state index is -0.0777. The van der Waals surface area contributed by atoms with Crippen molar-refractivity contribution in [2.75, 3.05) is 0 Å². The molecule has 17 heavy (non-hydrogen) atoms. The first-order valence-corrected chi connectivity index (χ1v) is 6.36. The predicted octanol–water partition coefficient (Wildman–Crippen LogP) is 2.85. The van der Waals surface area contributed by atoms with Gasteiger partial charge in [0.1, 0.15) is 5.82 Å².